The maximum absolute atomic E-state index is 12.9. The fraction of sp³-hybridized carbons (Fsp3) is 0.217. The predicted octanol–water partition coefficient (Wildman–Crippen LogP) is 2.64. The van der Waals surface area contributed by atoms with Crippen molar-refractivity contribution in [1.82, 2.24) is 19.7 Å². The number of hydrogen-bond donors (Lipinski definition) is 2. The summed E-state index contributed by atoms with van der Waals surface area (Å²) in [5, 5.41) is 8.80. The first-order valence-corrected chi connectivity index (χ1v) is 10.1. The highest BCUT2D eigenvalue weighted by Crippen LogP contribution is 2.15. The molecule has 8 heteroatoms. The van der Waals surface area contributed by atoms with E-state index in [-0.39, 0.29) is 11.1 Å². The molecule has 2 aromatic carbocycles. The number of likely N-dealkylation sites (N-methyl/N-ethyl adjacent to an activating group) is 1. The van der Waals surface area contributed by atoms with Gasteiger partial charge in [-0.3, -0.25) is 14.6 Å². The van der Waals surface area contributed by atoms with Gasteiger partial charge in [0.2, 0.25) is 5.95 Å². The Morgan fingerprint density at radius 1 is 1.10 bits per heavy atom. The van der Waals surface area contributed by atoms with Gasteiger partial charge in [-0.1, -0.05) is 36.4 Å². The van der Waals surface area contributed by atoms with Crippen molar-refractivity contribution in [2.75, 3.05) is 30.4 Å². The summed E-state index contributed by atoms with van der Waals surface area (Å²) < 4.78 is 1.36. The van der Waals surface area contributed by atoms with Crippen LogP contribution in [0.5, 0.6) is 0 Å². The summed E-state index contributed by atoms with van der Waals surface area (Å²) in [6.45, 7) is 3.11. The van der Waals surface area contributed by atoms with E-state index in [1.165, 1.54) is 10.7 Å². The Kier molecular flexibility index (Phi) is 5.79. The molecule has 2 aromatic heterocycles. The zero-order valence-corrected chi connectivity index (χ0v) is 17.4. The molecule has 8 nitrogen and oxygen atoms in total. The van der Waals surface area contributed by atoms with Crippen LogP contribution in [-0.4, -0.2) is 39.9 Å². The van der Waals surface area contributed by atoms with Gasteiger partial charge in [-0.2, -0.15) is 5.10 Å². The lowest BCUT2D eigenvalue weighted by Crippen LogP contribution is -2.29. The molecule has 0 aliphatic carbocycles. The van der Waals surface area contributed by atoms with Crippen LogP contribution in [-0.2, 0) is 0 Å². The van der Waals surface area contributed by atoms with Crippen LogP contribution < -0.4 is 21.3 Å². The number of aromatic nitrogens is 4. The van der Waals surface area contributed by atoms with Crippen LogP contribution >= 0.6 is 0 Å². The van der Waals surface area contributed by atoms with Crippen LogP contribution in [0.25, 0.3) is 10.8 Å². The largest absolute Gasteiger partial charge is 0.373 e. The van der Waals surface area contributed by atoms with Crippen molar-refractivity contribution in [3.63, 3.8) is 0 Å². The number of fused-ring (bicyclic) bond motifs is 1. The average molecular weight is 416 g/mol. The van der Waals surface area contributed by atoms with Gasteiger partial charge in [-0.25, -0.2) is 9.67 Å². The smallest absolute Gasteiger partial charge is 0.275 e. The number of rotatable bonds is 7. The molecule has 158 valence electrons. The third-order valence-corrected chi connectivity index (χ3v) is 5.21. The average Bonchev–Trinajstić information content (AvgIpc) is 2.79. The summed E-state index contributed by atoms with van der Waals surface area (Å²) >= 11 is 0. The van der Waals surface area contributed by atoms with Crippen molar-refractivity contribution in [2.24, 2.45) is 0 Å². The summed E-state index contributed by atoms with van der Waals surface area (Å²) in [6, 6.07) is 18.2. The maximum atomic E-state index is 12.9. The van der Waals surface area contributed by atoms with Crippen LogP contribution in [0.1, 0.15) is 18.7 Å². The molecule has 0 unspecified atom stereocenters. The first-order valence-electron chi connectivity index (χ1n) is 10.1. The van der Waals surface area contributed by atoms with E-state index in [4.69, 9.17) is 0 Å². The van der Waals surface area contributed by atoms with E-state index in [2.05, 4.69) is 25.3 Å². The molecule has 0 amide bonds. The Morgan fingerprint density at radius 3 is 2.65 bits per heavy atom. The molecule has 0 saturated carbocycles. The van der Waals surface area contributed by atoms with Crippen LogP contribution in [0.15, 0.2) is 76.4 Å². The molecule has 31 heavy (non-hydrogen) atoms. The van der Waals surface area contributed by atoms with Crippen molar-refractivity contribution >= 4 is 22.4 Å². The standard InChI is InChI=1S/C23H24N6O2/c1-16(29-22(31)19-11-7-6-8-17(19)15-25-29)20-14-21(30)27-23(26-20)24-12-13-28(2)18-9-4-3-5-10-18/h3-11,14-16H,12-13H2,1-2H3,(H2,24,26,27,30)/t16-/m1/s1. The van der Waals surface area contributed by atoms with E-state index < -0.39 is 6.04 Å². The molecule has 0 spiro atoms. The molecule has 2 N–H and O–H groups in total. The number of para-hydroxylation sites is 1. The van der Waals surface area contributed by atoms with Crippen LogP contribution in [0, 0.1) is 0 Å². The molecule has 0 aliphatic rings. The van der Waals surface area contributed by atoms with E-state index in [1.54, 1.807) is 19.2 Å². The molecule has 0 bridgehead atoms. The van der Waals surface area contributed by atoms with Crippen LogP contribution in [0.4, 0.5) is 11.6 Å². The van der Waals surface area contributed by atoms with Gasteiger partial charge in [0.25, 0.3) is 11.1 Å². The van der Waals surface area contributed by atoms with Gasteiger partial charge in [0.05, 0.1) is 23.3 Å². The van der Waals surface area contributed by atoms with Gasteiger partial charge in [0.15, 0.2) is 0 Å². The fourth-order valence-electron chi connectivity index (χ4n) is 3.43. The molecule has 4 aromatic rings. The first-order chi connectivity index (χ1) is 15.0. The van der Waals surface area contributed by atoms with Gasteiger partial charge in [0, 0.05) is 37.3 Å². The fourth-order valence-corrected chi connectivity index (χ4v) is 3.43. The number of aromatic amines is 1. The minimum Gasteiger partial charge on any atom is -0.373 e. The highest BCUT2D eigenvalue weighted by atomic mass is 16.1. The van der Waals surface area contributed by atoms with Crippen molar-refractivity contribution < 1.29 is 0 Å². The van der Waals surface area contributed by atoms with Crippen LogP contribution in [0.3, 0.4) is 0 Å². The van der Waals surface area contributed by atoms with Gasteiger partial charge >= 0.3 is 0 Å². The van der Waals surface area contributed by atoms with E-state index in [0.29, 0.717) is 23.6 Å². The highest BCUT2D eigenvalue weighted by Gasteiger charge is 2.16. The molecule has 2 heterocycles. The molecule has 0 radical (unpaired) electrons. The Labute approximate surface area is 179 Å². The Morgan fingerprint density at radius 2 is 1.84 bits per heavy atom. The third-order valence-electron chi connectivity index (χ3n) is 5.21. The van der Waals surface area contributed by atoms with E-state index in [9.17, 15) is 9.59 Å². The number of hydrogen-bond acceptors (Lipinski definition) is 6. The second kappa shape index (κ2) is 8.83. The normalized spacial score (nSPS) is 11.9. The lowest BCUT2D eigenvalue weighted by Gasteiger charge is -2.19. The van der Waals surface area contributed by atoms with Gasteiger partial charge in [-0.05, 0) is 25.1 Å². The molecule has 0 fully saturated rings. The lowest BCUT2D eigenvalue weighted by molar-refractivity contribution is 0.524. The first kappa shape index (κ1) is 20.3. The zero-order chi connectivity index (χ0) is 21.8. The quantitative estimate of drug-likeness (QED) is 0.481. The number of nitrogens with one attached hydrogen (secondary N) is 2. The zero-order valence-electron chi connectivity index (χ0n) is 17.4. The number of benzene rings is 2. The van der Waals surface area contributed by atoms with Gasteiger partial charge in [-0.15, -0.1) is 0 Å². The number of H-pyrrole nitrogens is 1. The third kappa shape index (κ3) is 4.48. The minimum absolute atomic E-state index is 0.216. The summed E-state index contributed by atoms with van der Waals surface area (Å²) in [4.78, 5) is 34.4. The van der Waals surface area contributed by atoms with Crippen LogP contribution in [0.2, 0.25) is 0 Å². The van der Waals surface area contributed by atoms with Crippen molar-refractivity contribution in [3.8, 4) is 0 Å². The Bertz CT molecular complexity index is 1300. The van der Waals surface area contributed by atoms with Crippen molar-refractivity contribution in [3.05, 3.63) is 93.3 Å². The molecule has 0 saturated heterocycles. The number of nitrogens with zero attached hydrogens (tertiary/aromatic N) is 4. The Hall–Kier alpha value is -3.94. The molecular weight excluding hydrogens is 392 g/mol. The molecular formula is C23H24N6O2. The maximum Gasteiger partial charge on any atom is 0.275 e. The number of anilines is 2. The van der Waals surface area contributed by atoms with E-state index in [0.717, 1.165) is 17.6 Å². The molecule has 4 rings (SSSR count). The SMILES string of the molecule is C[C@H](c1cc(=O)[nH]c(NCCN(C)c2ccccc2)n1)n1ncc2ccccc2c1=O. The highest BCUT2D eigenvalue weighted by molar-refractivity contribution is 5.80. The van der Waals surface area contributed by atoms with Gasteiger partial charge < -0.3 is 10.2 Å². The second-order valence-electron chi connectivity index (χ2n) is 7.36. The van der Waals surface area contributed by atoms with Gasteiger partial charge in [0.1, 0.15) is 0 Å². The van der Waals surface area contributed by atoms with Crippen molar-refractivity contribution in [1.29, 1.82) is 0 Å². The van der Waals surface area contributed by atoms with E-state index >= 15 is 0 Å². The summed E-state index contributed by atoms with van der Waals surface area (Å²) in [7, 11) is 2.00. The lowest BCUT2D eigenvalue weighted by atomic mass is 10.2. The predicted molar refractivity (Wildman–Crippen MR) is 123 cm³/mol. The molecule has 1 atom stereocenters. The van der Waals surface area contributed by atoms with E-state index in [1.807, 2.05) is 55.6 Å². The Balaban J connectivity index is 1.52. The topological polar surface area (TPSA) is 95.9 Å². The second-order valence-corrected chi connectivity index (χ2v) is 7.36. The monoisotopic (exact) mass is 416 g/mol. The summed E-state index contributed by atoms with van der Waals surface area (Å²) in [5.41, 5.74) is 1.07. The summed E-state index contributed by atoms with van der Waals surface area (Å²) in [5.74, 6) is 0.365. The molecule has 0 aliphatic heterocycles. The minimum atomic E-state index is -0.494. The summed E-state index contributed by atoms with van der Waals surface area (Å²) in [6.07, 6.45) is 1.65. The van der Waals surface area contributed by atoms with Crippen molar-refractivity contribution in [2.45, 2.75) is 13.0 Å².